The first kappa shape index (κ1) is 17.6. The highest BCUT2D eigenvalue weighted by Crippen LogP contribution is 2.26. The highest BCUT2D eigenvalue weighted by molar-refractivity contribution is 6.42. The van der Waals surface area contributed by atoms with Gasteiger partial charge in [0.05, 0.1) is 15.5 Å². The van der Waals surface area contributed by atoms with E-state index in [0.29, 0.717) is 28.6 Å². The van der Waals surface area contributed by atoms with Crippen LogP contribution in [0.25, 0.3) is 0 Å². The number of hydrogen-bond donors (Lipinski definition) is 3. The number of rotatable bonds is 6. The van der Waals surface area contributed by atoms with Crippen molar-refractivity contribution in [2.45, 2.75) is 26.7 Å². The molecule has 0 aliphatic rings. The van der Waals surface area contributed by atoms with E-state index < -0.39 is 17.4 Å². The molecule has 0 aliphatic heterocycles. The van der Waals surface area contributed by atoms with Crippen LogP contribution < -0.4 is 10.6 Å². The first-order chi connectivity index (χ1) is 9.84. The molecule has 0 aliphatic carbocycles. The topological polar surface area (TPSA) is 78.4 Å². The van der Waals surface area contributed by atoms with Crippen molar-refractivity contribution in [1.82, 2.24) is 5.32 Å². The van der Waals surface area contributed by atoms with Gasteiger partial charge in [0, 0.05) is 12.2 Å². The third kappa shape index (κ3) is 4.51. The Labute approximate surface area is 133 Å². The highest BCUT2D eigenvalue weighted by atomic mass is 35.5. The summed E-state index contributed by atoms with van der Waals surface area (Å²) >= 11 is 11.6. The third-order valence-electron chi connectivity index (χ3n) is 3.57. The number of halogens is 2. The predicted octanol–water partition coefficient (Wildman–Crippen LogP) is 4.01. The summed E-state index contributed by atoms with van der Waals surface area (Å²) in [6.45, 7) is 3.63. The largest absolute Gasteiger partial charge is 0.481 e. The van der Waals surface area contributed by atoms with Crippen molar-refractivity contribution in [3.63, 3.8) is 0 Å². The number of aliphatic carboxylic acids is 1. The lowest BCUT2D eigenvalue weighted by molar-refractivity contribution is -0.149. The average Bonchev–Trinajstić information content (AvgIpc) is 2.44. The summed E-state index contributed by atoms with van der Waals surface area (Å²) in [6.07, 6.45) is 0.873. The van der Waals surface area contributed by atoms with Crippen LogP contribution in [0.15, 0.2) is 18.2 Å². The van der Waals surface area contributed by atoms with Gasteiger partial charge in [-0.25, -0.2) is 4.79 Å². The summed E-state index contributed by atoms with van der Waals surface area (Å²) in [6, 6.07) is 4.21. The molecule has 7 heteroatoms. The van der Waals surface area contributed by atoms with Crippen molar-refractivity contribution in [2.24, 2.45) is 5.41 Å². The van der Waals surface area contributed by atoms with Gasteiger partial charge in [0.2, 0.25) is 0 Å². The number of carbonyl (C=O) groups excluding carboxylic acids is 1. The second-order valence-corrected chi connectivity index (χ2v) is 5.54. The van der Waals surface area contributed by atoms with Gasteiger partial charge < -0.3 is 15.7 Å². The summed E-state index contributed by atoms with van der Waals surface area (Å²) in [7, 11) is 0. The van der Waals surface area contributed by atoms with E-state index >= 15 is 0 Å². The first-order valence-corrected chi connectivity index (χ1v) is 7.33. The van der Waals surface area contributed by atoms with Crippen LogP contribution in [0, 0.1) is 5.41 Å². The molecule has 0 atom stereocenters. The fourth-order valence-electron chi connectivity index (χ4n) is 1.88. The van der Waals surface area contributed by atoms with Crippen LogP contribution >= 0.6 is 23.2 Å². The van der Waals surface area contributed by atoms with E-state index in [2.05, 4.69) is 10.6 Å². The molecule has 0 fully saturated rings. The lowest BCUT2D eigenvalue weighted by Crippen LogP contribution is -2.43. The molecular formula is C14H18Cl2N2O3. The SMILES string of the molecule is CCC(CC)(CNC(=O)Nc1ccc(Cl)c(Cl)c1)C(=O)O. The Kier molecular flexibility index (Phi) is 6.30. The van der Waals surface area contributed by atoms with E-state index in [1.54, 1.807) is 26.0 Å². The van der Waals surface area contributed by atoms with E-state index in [1.807, 2.05) is 0 Å². The van der Waals surface area contributed by atoms with Gasteiger partial charge in [-0.2, -0.15) is 0 Å². The van der Waals surface area contributed by atoms with Crippen LogP contribution in [0.3, 0.4) is 0 Å². The molecule has 0 aromatic heterocycles. The van der Waals surface area contributed by atoms with Crippen molar-refractivity contribution in [3.8, 4) is 0 Å². The summed E-state index contributed by atoms with van der Waals surface area (Å²) in [5.41, 5.74) is -0.467. The number of hydrogen-bond acceptors (Lipinski definition) is 2. The molecule has 0 heterocycles. The third-order valence-corrected chi connectivity index (χ3v) is 4.31. The molecule has 1 aromatic rings. The molecule has 5 nitrogen and oxygen atoms in total. The van der Waals surface area contributed by atoms with Gasteiger partial charge in [-0.15, -0.1) is 0 Å². The molecule has 1 aromatic carbocycles. The smallest absolute Gasteiger partial charge is 0.319 e. The molecule has 3 N–H and O–H groups in total. The standard InChI is InChI=1S/C14H18Cl2N2O3/c1-3-14(4-2,12(19)20)8-17-13(21)18-9-5-6-10(15)11(16)7-9/h5-7H,3-4,8H2,1-2H3,(H,19,20)(H2,17,18,21). The predicted molar refractivity (Wildman–Crippen MR) is 84.1 cm³/mol. The molecule has 0 bridgehead atoms. The molecule has 0 radical (unpaired) electrons. The summed E-state index contributed by atoms with van der Waals surface area (Å²) in [5.74, 6) is -0.915. The molecule has 1 rings (SSSR count). The van der Waals surface area contributed by atoms with Gasteiger partial charge in [0.15, 0.2) is 0 Å². The Morgan fingerprint density at radius 2 is 1.81 bits per heavy atom. The maximum atomic E-state index is 11.8. The number of amides is 2. The fraction of sp³-hybridized carbons (Fsp3) is 0.429. The van der Waals surface area contributed by atoms with Crippen LogP contribution in [0.5, 0.6) is 0 Å². The van der Waals surface area contributed by atoms with Crippen LogP contribution in [0.4, 0.5) is 10.5 Å². The summed E-state index contributed by atoms with van der Waals surface area (Å²) < 4.78 is 0. The molecule has 116 valence electrons. The molecule has 0 spiro atoms. The number of benzene rings is 1. The monoisotopic (exact) mass is 332 g/mol. The average molecular weight is 333 g/mol. The minimum atomic E-state index is -0.949. The lowest BCUT2D eigenvalue weighted by atomic mass is 9.82. The molecule has 0 saturated heterocycles. The molecular weight excluding hydrogens is 315 g/mol. The molecule has 0 unspecified atom stereocenters. The number of urea groups is 1. The Morgan fingerprint density at radius 3 is 2.29 bits per heavy atom. The zero-order valence-electron chi connectivity index (χ0n) is 11.9. The number of carbonyl (C=O) groups is 2. The Hall–Kier alpha value is -1.46. The van der Waals surface area contributed by atoms with Gasteiger partial charge in [-0.1, -0.05) is 37.0 Å². The van der Waals surface area contributed by atoms with Crippen LogP contribution in [0.1, 0.15) is 26.7 Å². The van der Waals surface area contributed by atoms with E-state index in [9.17, 15) is 14.7 Å². The van der Waals surface area contributed by atoms with Gasteiger partial charge >= 0.3 is 12.0 Å². The zero-order valence-corrected chi connectivity index (χ0v) is 13.4. The first-order valence-electron chi connectivity index (χ1n) is 6.58. The quantitative estimate of drug-likeness (QED) is 0.736. The Bertz CT molecular complexity index is 531. The Balaban J connectivity index is 2.65. The van der Waals surface area contributed by atoms with E-state index in [4.69, 9.17) is 23.2 Å². The second-order valence-electron chi connectivity index (χ2n) is 4.73. The molecule has 21 heavy (non-hydrogen) atoms. The van der Waals surface area contributed by atoms with Crippen LogP contribution in [0.2, 0.25) is 10.0 Å². The van der Waals surface area contributed by atoms with Crippen LogP contribution in [-0.4, -0.2) is 23.7 Å². The maximum absolute atomic E-state index is 11.8. The van der Waals surface area contributed by atoms with Crippen molar-refractivity contribution in [3.05, 3.63) is 28.2 Å². The maximum Gasteiger partial charge on any atom is 0.319 e. The summed E-state index contributed by atoms with van der Waals surface area (Å²) in [4.78, 5) is 23.2. The van der Waals surface area contributed by atoms with Crippen molar-refractivity contribution in [1.29, 1.82) is 0 Å². The summed E-state index contributed by atoms with van der Waals surface area (Å²) in [5, 5.41) is 15.2. The van der Waals surface area contributed by atoms with E-state index in [0.717, 1.165) is 0 Å². The Morgan fingerprint density at radius 1 is 1.19 bits per heavy atom. The van der Waals surface area contributed by atoms with Gasteiger partial charge in [-0.3, -0.25) is 4.79 Å². The van der Waals surface area contributed by atoms with Gasteiger partial charge in [0.1, 0.15) is 0 Å². The van der Waals surface area contributed by atoms with Crippen molar-refractivity contribution in [2.75, 3.05) is 11.9 Å². The number of anilines is 1. The number of carboxylic acids is 1. The minimum absolute atomic E-state index is 0.0580. The zero-order chi connectivity index (χ0) is 16.0. The highest BCUT2D eigenvalue weighted by Gasteiger charge is 2.35. The van der Waals surface area contributed by atoms with Gasteiger partial charge in [0.25, 0.3) is 0 Å². The number of carboxylic acid groups (broad SMARTS) is 1. The van der Waals surface area contributed by atoms with Crippen LogP contribution in [-0.2, 0) is 4.79 Å². The number of nitrogens with one attached hydrogen (secondary N) is 2. The normalized spacial score (nSPS) is 11.0. The van der Waals surface area contributed by atoms with E-state index in [1.165, 1.54) is 6.07 Å². The second kappa shape index (κ2) is 7.52. The molecule has 0 saturated carbocycles. The minimum Gasteiger partial charge on any atom is -0.481 e. The molecule has 2 amide bonds. The van der Waals surface area contributed by atoms with Crippen molar-refractivity contribution < 1.29 is 14.7 Å². The van der Waals surface area contributed by atoms with E-state index in [-0.39, 0.29) is 6.54 Å². The lowest BCUT2D eigenvalue weighted by Gasteiger charge is -2.26. The fourth-order valence-corrected chi connectivity index (χ4v) is 2.17. The van der Waals surface area contributed by atoms with Crippen molar-refractivity contribution >= 4 is 40.9 Å². The van der Waals surface area contributed by atoms with Gasteiger partial charge in [-0.05, 0) is 31.0 Å².